The Morgan fingerprint density at radius 1 is 1.06 bits per heavy atom. The Bertz CT molecular complexity index is 1300. The minimum Gasteiger partial charge on any atom is -0.468 e. The molecule has 2 heterocycles. The summed E-state index contributed by atoms with van der Waals surface area (Å²) in [6.45, 7) is -0.277. The van der Waals surface area contributed by atoms with Crippen LogP contribution in [-0.2, 0) is 27.9 Å². The number of ether oxygens (including phenoxy) is 1. The van der Waals surface area contributed by atoms with Crippen LogP contribution in [0.15, 0.2) is 80.8 Å². The molecule has 0 aliphatic carbocycles. The van der Waals surface area contributed by atoms with Gasteiger partial charge in [-0.1, -0.05) is 5.16 Å². The first-order valence-electron chi connectivity index (χ1n) is 9.28. The number of rotatable bonds is 8. The van der Waals surface area contributed by atoms with Crippen molar-refractivity contribution in [3.8, 4) is 11.4 Å². The molecule has 1 N–H and O–H groups in total. The van der Waals surface area contributed by atoms with Gasteiger partial charge in [-0.25, -0.2) is 22.3 Å². The van der Waals surface area contributed by atoms with Gasteiger partial charge < -0.3 is 13.7 Å². The third kappa shape index (κ3) is 5.07. The van der Waals surface area contributed by atoms with Crippen molar-refractivity contribution >= 4 is 16.0 Å². The fourth-order valence-electron chi connectivity index (χ4n) is 2.67. The highest BCUT2D eigenvalue weighted by Crippen LogP contribution is 2.17. The van der Waals surface area contributed by atoms with E-state index < -0.39 is 21.8 Å². The molecule has 0 radical (unpaired) electrons. The van der Waals surface area contributed by atoms with E-state index >= 15 is 0 Å². The van der Waals surface area contributed by atoms with Crippen molar-refractivity contribution in [1.29, 1.82) is 0 Å². The first kappa shape index (κ1) is 21.4. The lowest BCUT2D eigenvalue weighted by molar-refractivity contribution is 0.0429. The van der Waals surface area contributed by atoms with Crippen molar-refractivity contribution in [2.75, 3.05) is 0 Å². The Kier molecular flexibility index (Phi) is 6.10. The number of nitrogens with one attached hydrogen (secondary N) is 1. The molecule has 0 unspecified atom stereocenters. The van der Waals surface area contributed by atoms with Gasteiger partial charge in [-0.3, -0.25) is 0 Å². The van der Waals surface area contributed by atoms with Crippen molar-refractivity contribution in [2.24, 2.45) is 0 Å². The molecule has 0 saturated heterocycles. The molecule has 0 amide bonds. The van der Waals surface area contributed by atoms with Gasteiger partial charge >= 0.3 is 5.97 Å². The van der Waals surface area contributed by atoms with Gasteiger partial charge in [0.2, 0.25) is 15.8 Å². The first-order valence-corrected chi connectivity index (χ1v) is 10.8. The van der Waals surface area contributed by atoms with Gasteiger partial charge in [-0.05, 0) is 60.7 Å². The Morgan fingerprint density at radius 3 is 2.50 bits per heavy atom. The number of hydrogen-bond donors (Lipinski definition) is 1. The maximum absolute atomic E-state index is 13.0. The number of sulfonamides is 1. The number of carbonyl (C=O) groups is 1. The zero-order valence-electron chi connectivity index (χ0n) is 16.4. The fraction of sp³-hybridized carbons (Fsp3) is 0.0952. The van der Waals surface area contributed by atoms with Crippen LogP contribution >= 0.6 is 0 Å². The van der Waals surface area contributed by atoms with Crippen LogP contribution in [0.4, 0.5) is 4.39 Å². The summed E-state index contributed by atoms with van der Waals surface area (Å²) in [6.07, 6.45) is 1.45. The number of nitrogens with zero attached hydrogens (tertiary/aromatic N) is 2. The molecule has 9 nitrogen and oxygen atoms in total. The lowest BCUT2D eigenvalue weighted by Gasteiger charge is -2.06. The minimum absolute atomic E-state index is 0.00319. The first-order chi connectivity index (χ1) is 15.4. The smallest absolute Gasteiger partial charge is 0.338 e. The number of furan rings is 1. The molecule has 4 aromatic rings. The van der Waals surface area contributed by atoms with Crippen LogP contribution in [0.1, 0.15) is 22.0 Å². The second kappa shape index (κ2) is 9.12. The third-order valence-electron chi connectivity index (χ3n) is 4.31. The molecule has 0 saturated carbocycles. The molecule has 0 aliphatic heterocycles. The highest BCUT2D eigenvalue weighted by molar-refractivity contribution is 7.89. The van der Waals surface area contributed by atoms with E-state index in [0.29, 0.717) is 11.3 Å². The maximum Gasteiger partial charge on any atom is 0.338 e. The molecule has 0 bridgehead atoms. The lowest BCUT2D eigenvalue weighted by atomic mass is 10.2. The van der Waals surface area contributed by atoms with E-state index in [0.717, 1.165) is 0 Å². The number of benzene rings is 2. The number of hydrogen-bond acceptors (Lipinski definition) is 8. The van der Waals surface area contributed by atoms with Gasteiger partial charge in [0, 0.05) is 5.56 Å². The van der Waals surface area contributed by atoms with Crippen LogP contribution in [-0.4, -0.2) is 24.5 Å². The normalized spacial score (nSPS) is 11.4. The van der Waals surface area contributed by atoms with Gasteiger partial charge in [0.25, 0.3) is 5.89 Å². The Hall–Kier alpha value is -3.83. The molecule has 32 heavy (non-hydrogen) atoms. The average molecular weight is 457 g/mol. The molecular weight excluding hydrogens is 441 g/mol. The number of esters is 1. The second-order valence-electron chi connectivity index (χ2n) is 6.52. The predicted molar refractivity (Wildman–Crippen MR) is 108 cm³/mol. The molecule has 11 heteroatoms. The SMILES string of the molecule is O=C(OCc1nc(-c2ccc(F)cc2)no1)c1ccc(S(=O)(=O)NCc2ccco2)cc1. The van der Waals surface area contributed by atoms with Crippen LogP contribution in [0.25, 0.3) is 11.4 Å². The van der Waals surface area contributed by atoms with Crippen LogP contribution in [0, 0.1) is 5.82 Å². The predicted octanol–water partition coefficient (Wildman–Crippen LogP) is 3.30. The maximum atomic E-state index is 13.0. The van der Waals surface area contributed by atoms with E-state index in [9.17, 15) is 17.6 Å². The molecule has 0 fully saturated rings. The number of carbonyl (C=O) groups excluding carboxylic acids is 1. The Morgan fingerprint density at radius 2 is 1.81 bits per heavy atom. The molecule has 0 atom stereocenters. The summed E-state index contributed by atoms with van der Waals surface area (Å²) in [5, 5.41) is 3.76. The van der Waals surface area contributed by atoms with Crippen molar-refractivity contribution in [3.05, 3.63) is 90.0 Å². The molecule has 0 aliphatic rings. The molecular formula is C21H16FN3O6S. The number of halogens is 1. The second-order valence-corrected chi connectivity index (χ2v) is 8.29. The standard InChI is InChI=1S/C21H16FN3O6S/c22-16-7-3-14(4-8-16)20-24-19(31-25-20)13-30-21(26)15-5-9-18(10-6-15)32(27,28)23-12-17-2-1-11-29-17/h1-11,23H,12-13H2. The van der Waals surface area contributed by atoms with Crippen molar-refractivity contribution < 1.29 is 31.3 Å². The molecule has 0 spiro atoms. The molecule has 2 aromatic heterocycles. The largest absolute Gasteiger partial charge is 0.468 e. The fourth-order valence-corrected chi connectivity index (χ4v) is 3.67. The van der Waals surface area contributed by atoms with Gasteiger partial charge in [0.1, 0.15) is 11.6 Å². The highest BCUT2D eigenvalue weighted by Gasteiger charge is 2.17. The van der Waals surface area contributed by atoms with E-state index in [1.807, 2.05) is 0 Å². The van der Waals surface area contributed by atoms with Crippen molar-refractivity contribution in [1.82, 2.24) is 14.9 Å². The summed E-state index contributed by atoms with van der Waals surface area (Å²) in [4.78, 5) is 16.3. The van der Waals surface area contributed by atoms with Crippen LogP contribution in [0.2, 0.25) is 0 Å². The average Bonchev–Trinajstić information content (AvgIpc) is 3.49. The highest BCUT2D eigenvalue weighted by atomic mass is 32.2. The van der Waals surface area contributed by atoms with Crippen LogP contribution < -0.4 is 4.72 Å². The minimum atomic E-state index is -3.78. The molecule has 4 rings (SSSR count). The van der Waals surface area contributed by atoms with E-state index in [-0.39, 0.29) is 35.3 Å². The van der Waals surface area contributed by atoms with Crippen LogP contribution in [0.3, 0.4) is 0 Å². The van der Waals surface area contributed by atoms with E-state index in [4.69, 9.17) is 13.7 Å². The van der Waals surface area contributed by atoms with Crippen molar-refractivity contribution in [2.45, 2.75) is 18.0 Å². The monoisotopic (exact) mass is 457 g/mol. The number of aromatic nitrogens is 2. The molecule has 2 aromatic carbocycles. The van der Waals surface area contributed by atoms with E-state index in [1.165, 1.54) is 54.8 Å². The summed E-state index contributed by atoms with van der Waals surface area (Å²) in [5.74, 6) is -0.332. The zero-order chi connectivity index (χ0) is 22.6. The van der Waals surface area contributed by atoms with Gasteiger partial charge in [-0.15, -0.1) is 0 Å². The van der Waals surface area contributed by atoms with E-state index in [1.54, 1.807) is 12.1 Å². The zero-order valence-corrected chi connectivity index (χ0v) is 17.2. The summed E-state index contributed by atoms with van der Waals surface area (Å²) >= 11 is 0. The van der Waals surface area contributed by atoms with Gasteiger partial charge in [-0.2, -0.15) is 4.98 Å². The quantitative estimate of drug-likeness (QED) is 0.400. The van der Waals surface area contributed by atoms with Crippen LogP contribution in [0.5, 0.6) is 0 Å². The third-order valence-corrected chi connectivity index (χ3v) is 5.73. The summed E-state index contributed by atoms with van der Waals surface area (Å²) < 4.78 is 55.3. The molecule has 164 valence electrons. The van der Waals surface area contributed by atoms with Gasteiger partial charge in [0.05, 0.1) is 23.3 Å². The summed E-state index contributed by atoms with van der Waals surface area (Å²) in [6, 6.07) is 14.1. The van der Waals surface area contributed by atoms with Crippen molar-refractivity contribution in [3.63, 3.8) is 0 Å². The Labute approximate surface area is 181 Å². The Balaban J connectivity index is 1.34. The lowest BCUT2D eigenvalue weighted by Crippen LogP contribution is -2.23. The summed E-state index contributed by atoms with van der Waals surface area (Å²) in [5.41, 5.74) is 0.693. The van der Waals surface area contributed by atoms with E-state index in [2.05, 4.69) is 14.9 Å². The van der Waals surface area contributed by atoms with Gasteiger partial charge in [0.15, 0.2) is 6.61 Å². The summed E-state index contributed by atoms with van der Waals surface area (Å²) in [7, 11) is -3.78. The topological polar surface area (TPSA) is 125 Å².